The number of carbonyl (C=O) groups excluding carboxylic acids is 1. The molecule has 3 N–H and O–H groups in total. The topological polar surface area (TPSA) is 64.4 Å². The SMILES string of the molecule is NCC1CCC(C(=O)NCCc2ccc(Cl)cc2Cl)O1. The van der Waals surface area contributed by atoms with Crippen molar-refractivity contribution < 1.29 is 9.53 Å². The van der Waals surface area contributed by atoms with E-state index in [1.807, 2.05) is 6.07 Å². The van der Waals surface area contributed by atoms with Gasteiger partial charge in [-0.2, -0.15) is 0 Å². The van der Waals surface area contributed by atoms with Crippen LogP contribution in [0.3, 0.4) is 0 Å². The van der Waals surface area contributed by atoms with E-state index in [2.05, 4.69) is 5.32 Å². The van der Waals surface area contributed by atoms with Crippen LogP contribution in [0.1, 0.15) is 18.4 Å². The highest BCUT2D eigenvalue weighted by Gasteiger charge is 2.29. The minimum Gasteiger partial charge on any atom is -0.364 e. The fourth-order valence-electron chi connectivity index (χ4n) is 2.23. The second-order valence-electron chi connectivity index (χ2n) is 4.84. The number of nitrogens with two attached hydrogens (primary N) is 1. The summed E-state index contributed by atoms with van der Waals surface area (Å²) in [7, 11) is 0. The maximum Gasteiger partial charge on any atom is 0.249 e. The van der Waals surface area contributed by atoms with Gasteiger partial charge in [-0.3, -0.25) is 4.79 Å². The van der Waals surface area contributed by atoms with Crippen molar-refractivity contribution in [3.63, 3.8) is 0 Å². The van der Waals surface area contributed by atoms with Crippen LogP contribution < -0.4 is 11.1 Å². The zero-order valence-electron chi connectivity index (χ0n) is 11.1. The van der Waals surface area contributed by atoms with Crippen molar-refractivity contribution in [1.82, 2.24) is 5.32 Å². The quantitative estimate of drug-likeness (QED) is 0.875. The van der Waals surface area contributed by atoms with Crippen molar-refractivity contribution in [3.05, 3.63) is 33.8 Å². The highest BCUT2D eigenvalue weighted by atomic mass is 35.5. The van der Waals surface area contributed by atoms with E-state index in [0.717, 1.165) is 18.4 Å². The van der Waals surface area contributed by atoms with Crippen LogP contribution in [0.15, 0.2) is 18.2 Å². The van der Waals surface area contributed by atoms with Crippen molar-refractivity contribution >= 4 is 29.1 Å². The van der Waals surface area contributed by atoms with Crippen LogP contribution in [0.2, 0.25) is 10.0 Å². The van der Waals surface area contributed by atoms with Crippen LogP contribution in [0.5, 0.6) is 0 Å². The molecular formula is C14H18Cl2N2O2. The van der Waals surface area contributed by atoms with Gasteiger partial charge in [-0.25, -0.2) is 0 Å². The molecule has 1 saturated heterocycles. The fourth-order valence-corrected chi connectivity index (χ4v) is 2.73. The number of amides is 1. The first-order valence-electron chi connectivity index (χ1n) is 6.67. The summed E-state index contributed by atoms with van der Waals surface area (Å²) < 4.78 is 5.53. The van der Waals surface area contributed by atoms with Crippen LogP contribution in [0.4, 0.5) is 0 Å². The van der Waals surface area contributed by atoms with Crippen LogP contribution >= 0.6 is 23.2 Å². The molecule has 4 nitrogen and oxygen atoms in total. The third kappa shape index (κ3) is 4.09. The summed E-state index contributed by atoms with van der Waals surface area (Å²) in [5.74, 6) is -0.0777. The van der Waals surface area contributed by atoms with Crippen LogP contribution in [-0.2, 0) is 16.0 Å². The van der Waals surface area contributed by atoms with Crippen molar-refractivity contribution in [3.8, 4) is 0 Å². The number of hydrogen-bond donors (Lipinski definition) is 2. The molecule has 2 rings (SSSR count). The Bertz CT molecular complexity index is 482. The zero-order chi connectivity index (χ0) is 14.5. The van der Waals surface area contributed by atoms with Gasteiger partial charge in [0.25, 0.3) is 0 Å². The van der Waals surface area contributed by atoms with E-state index in [1.54, 1.807) is 12.1 Å². The Labute approximate surface area is 128 Å². The molecule has 1 aliphatic rings. The predicted octanol–water partition coefficient (Wildman–Crippen LogP) is 2.16. The fraction of sp³-hybridized carbons (Fsp3) is 0.500. The van der Waals surface area contributed by atoms with Gasteiger partial charge >= 0.3 is 0 Å². The molecule has 20 heavy (non-hydrogen) atoms. The maximum absolute atomic E-state index is 11.9. The van der Waals surface area contributed by atoms with Crippen LogP contribution in [-0.4, -0.2) is 31.2 Å². The standard InChI is InChI=1S/C14H18Cl2N2O2/c15-10-2-1-9(12(16)7-10)5-6-18-14(19)13-4-3-11(8-17)20-13/h1-2,7,11,13H,3-6,8,17H2,(H,18,19). The van der Waals surface area contributed by atoms with Crippen molar-refractivity contribution in [2.45, 2.75) is 31.5 Å². The van der Waals surface area contributed by atoms with Gasteiger partial charge in [0.15, 0.2) is 0 Å². The Morgan fingerprint density at radius 1 is 1.40 bits per heavy atom. The summed E-state index contributed by atoms with van der Waals surface area (Å²) in [5, 5.41) is 4.09. The van der Waals surface area contributed by atoms with Gasteiger partial charge in [0.2, 0.25) is 5.91 Å². The monoisotopic (exact) mass is 316 g/mol. The molecule has 0 spiro atoms. The molecule has 2 atom stereocenters. The number of rotatable bonds is 5. The number of benzene rings is 1. The van der Waals surface area contributed by atoms with Gasteiger partial charge in [0.1, 0.15) is 6.10 Å². The molecule has 0 aromatic heterocycles. The Kier molecular flexibility index (Phi) is 5.66. The second kappa shape index (κ2) is 7.27. The molecule has 110 valence electrons. The molecule has 6 heteroatoms. The average molecular weight is 317 g/mol. The van der Waals surface area contributed by atoms with E-state index in [0.29, 0.717) is 29.6 Å². The molecular weight excluding hydrogens is 299 g/mol. The molecule has 2 unspecified atom stereocenters. The highest BCUT2D eigenvalue weighted by molar-refractivity contribution is 6.35. The normalized spacial score (nSPS) is 21.9. The molecule has 1 heterocycles. The largest absolute Gasteiger partial charge is 0.364 e. The molecule has 0 radical (unpaired) electrons. The maximum atomic E-state index is 11.9. The van der Waals surface area contributed by atoms with Crippen molar-refractivity contribution in [2.75, 3.05) is 13.1 Å². The van der Waals surface area contributed by atoms with Gasteiger partial charge in [0.05, 0.1) is 6.10 Å². The third-order valence-corrected chi connectivity index (χ3v) is 3.96. The molecule has 1 aliphatic heterocycles. The minimum atomic E-state index is -0.371. The first kappa shape index (κ1) is 15.6. The van der Waals surface area contributed by atoms with Gasteiger partial charge in [-0.05, 0) is 37.0 Å². The summed E-state index contributed by atoms with van der Waals surface area (Å²) in [5.41, 5.74) is 6.48. The summed E-state index contributed by atoms with van der Waals surface area (Å²) in [6.45, 7) is 0.984. The van der Waals surface area contributed by atoms with Gasteiger partial charge < -0.3 is 15.8 Å². The first-order valence-corrected chi connectivity index (χ1v) is 7.43. The molecule has 0 bridgehead atoms. The van der Waals surface area contributed by atoms with Crippen molar-refractivity contribution in [2.24, 2.45) is 5.73 Å². The highest BCUT2D eigenvalue weighted by Crippen LogP contribution is 2.21. The molecule has 1 fully saturated rings. The number of halogens is 2. The number of nitrogens with one attached hydrogen (secondary N) is 1. The van der Waals surface area contributed by atoms with E-state index >= 15 is 0 Å². The van der Waals surface area contributed by atoms with E-state index in [4.69, 9.17) is 33.7 Å². The van der Waals surface area contributed by atoms with E-state index in [1.165, 1.54) is 0 Å². The smallest absolute Gasteiger partial charge is 0.249 e. The minimum absolute atomic E-state index is 0.0106. The molecule has 1 aromatic carbocycles. The number of carbonyl (C=O) groups is 1. The zero-order valence-corrected chi connectivity index (χ0v) is 12.6. The lowest BCUT2D eigenvalue weighted by Gasteiger charge is -2.13. The first-order chi connectivity index (χ1) is 9.60. The van der Waals surface area contributed by atoms with E-state index in [-0.39, 0.29) is 18.1 Å². The predicted molar refractivity (Wildman–Crippen MR) is 80.1 cm³/mol. The summed E-state index contributed by atoms with van der Waals surface area (Å²) >= 11 is 11.9. The third-order valence-electron chi connectivity index (χ3n) is 3.37. The number of hydrogen-bond acceptors (Lipinski definition) is 3. The van der Waals surface area contributed by atoms with Crippen LogP contribution in [0, 0.1) is 0 Å². The van der Waals surface area contributed by atoms with Crippen molar-refractivity contribution in [1.29, 1.82) is 0 Å². The lowest BCUT2D eigenvalue weighted by atomic mass is 10.1. The van der Waals surface area contributed by atoms with Gasteiger partial charge in [0, 0.05) is 23.1 Å². The van der Waals surface area contributed by atoms with Gasteiger partial charge in [-0.15, -0.1) is 0 Å². The summed E-state index contributed by atoms with van der Waals surface area (Å²) in [6.07, 6.45) is 1.88. The van der Waals surface area contributed by atoms with Crippen LogP contribution in [0.25, 0.3) is 0 Å². The molecule has 0 aliphatic carbocycles. The van der Waals surface area contributed by atoms with E-state index < -0.39 is 0 Å². The average Bonchev–Trinajstić information content (AvgIpc) is 2.90. The van der Waals surface area contributed by atoms with E-state index in [9.17, 15) is 4.79 Å². The summed E-state index contributed by atoms with van der Waals surface area (Å²) in [4.78, 5) is 11.9. The Morgan fingerprint density at radius 2 is 2.20 bits per heavy atom. The molecule has 1 aromatic rings. The Morgan fingerprint density at radius 3 is 2.85 bits per heavy atom. The molecule has 1 amide bonds. The lowest BCUT2D eigenvalue weighted by Crippen LogP contribution is -2.36. The second-order valence-corrected chi connectivity index (χ2v) is 5.68. The van der Waals surface area contributed by atoms with Gasteiger partial charge in [-0.1, -0.05) is 29.3 Å². The Hall–Kier alpha value is -0.810. The lowest BCUT2D eigenvalue weighted by molar-refractivity contribution is -0.131. The molecule has 0 saturated carbocycles. The Balaban J connectivity index is 1.77. The number of ether oxygens (including phenoxy) is 1. The summed E-state index contributed by atoms with van der Waals surface area (Å²) in [6, 6.07) is 5.36.